The molecule has 4 rings (SSSR count). The summed E-state index contributed by atoms with van der Waals surface area (Å²) >= 11 is 0. The van der Waals surface area contributed by atoms with Gasteiger partial charge in [0.05, 0.1) is 24.3 Å². The van der Waals surface area contributed by atoms with Crippen molar-refractivity contribution in [2.45, 2.75) is 77.7 Å². The number of hydrogen-bond donors (Lipinski definition) is 0. The molecule has 1 aromatic rings. The van der Waals surface area contributed by atoms with Gasteiger partial charge >= 0.3 is 0 Å². The summed E-state index contributed by atoms with van der Waals surface area (Å²) in [6.45, 7) is 9.70. The van der Waals surface area contributed by atoms with Crippen molar-refractivity contribution in [3.05, 3.63) is 35.4 Å². The SMILES string of the molecule is CC(C)[C@H]1C(=O)N(S(C)(=O)=O)[C@H]2CCN(C(=O)c3ccc(CN4C(C)CCC4C)cc3)[C@H]12.Cl. The van der Waals surface area contributed by atoms with E-state index < -0.39 is 28.0 Å². The van der Waals surface area contributed by atoms with E-state index in [-0.39, 0.29) is 30.1 Å². The van der Waals surface area contributed by atoms with Gasteiger partial charge in [-0.1, -0.05) is 26.0 Å². The van der Waals surface area contributed by atoms with E-state index in [4.69, 9.17) is 0 Å². The Hall–Kier alpha value is -1.64. The molecule has 0 N–H and O–H groups in total. The van der Waals surface area contributed by atoms with Gasteiger partial charge in [-0.25, -0.2) is 12.7 Å². The molecule has 3 saturated heterocycles. The van der Waals surface area contributed by atoms with Crippen LogP contribution >= 0.6 is 12.4 Å². The van der Waals surface area contributed by atoms with Crippen molar-refractivity contribution in [1.82, 2.24) is 14.1 Å². The van der Waals surface area contributed by atoms with Crippen LogP contribution in [0.2, 0.25) is 0 Å². The first-order chi connectivity index (χ1) is 15.0. The number of fused-ring (bicyclic) bond motifs is 1. The molecule has 2 amide bonds. The van der Waals surface area contributed by atoms with E-state index in [2.05, 4.69) is 18.7 Å². The number of benzene rings is 1. The van der Waals surface area contributed by atoms with Gasteiger partial charge in [0.15, 0.2) is 0 Å². The topological polar surface area (TPSA) is 78.0 Å². The third-order valence-electron chi connectivity index (χ3n) is 7.63. The van der Waals surface area contributed by atoms with Crippen LogP contribution in [0.25, 0.3) is 0 Å². The second-order valence-corrected chi connectivity index (χ2v) is 12.0. The molecule has 2 unspecified atom stereocenters. The molecule has 0 aliphatic carbocycles. The maximum absolute atomic E-state index is 13.4. The van der Waals surface area contributed by atoms with Crippen molar-refractivity contribution in [2.24, 2.45) is 11.8 Å². The molecule has 3 aliphatic rings. The molecule has 3 heterocycles. The van der Waals surface area contributed by atoms with Gasteiger partial charge in [0.25, 0.3) is 5.91 Å². The third kappa shape index (κ3) is 4.66. The van der Waals surface area contributed by atoms with Crippen molar-refractivity contribution in [3.8, 4) is 0 Å². The molecular formula is C24H36ClN3O4S. The van der Waals surface area contributed by atoms with Gasteiger partial charge in [0.2, 0.25) is 15.9 Å². The lowest BCUT2D eigenvalue weighted by molar-refractivity contribution is -0.129. The summed E-state index contributed by atoms with van der Waals surface area (Å²) in [6.07, 6.45) is 4.00. The van der Waals surface area contributed by atoms with Crippen LogP contribution < -0.4 is 0 Å². The van der Waals surface area contributed by atoms with Crippen molar-refractivity contribution in [2.75, 3.05) is 12.8 Å². The second-order valence-electron chi connectivity index (χ2n) is 10.2. The standard InChI is InChI=1S/C24H35N3O4S.ClH/c1-15(2)21-22-20(27(24(21)29)32(5,30)31)12-13-25(22)23(28)19-10-8-18(9-11-19)14-26-16(3)6-7-17(26)4;/h8-11,15-17,20-22H,6-7,12-14H2,1-5H3;1H/t16?,17?,20-,21+,22-;/m0./s1. The van der Waals surface area contributed by atoms with Crippen LogP contribution in [0, 0.1) is 11.8 Å². The molecule has 1 aromatic carbocycles. The summed E-state index contributed by atoms with van der Waals surface area (Å²) in [7, 11) is -3.67. The molecule has 3 aliphatic heterocycles. The van der Waals surface area contributed by atoms with Gasteiger partial charge in [0, 0.05) is 30.7 Å². The molecule has 184 valence electrons. The van der Waals surface area contributed by atoms with E-state index in [1.54, 1.807) is 4.90 Å². The van der Waals surface area contributed by atoms with E-state index in [0.717, 1.165) is 17.1 Å². The van der Waals surface area contributed by atoms with E-state index >= 15 is 0 Å². The van der Waals surface area contributed by atoms with E-state index in [0.29, 0.717) is 30.6 Å². The molecule has 0 bridgehead atoms. The molecule has 0 radical (unpaired) electrons. The Morgan fingerprint density at radius 3 is 2.15 bits per heavy atom. The monoisotopic (exact) mass is 497 g/mol. The summed E-state index contributed by atoms with van der Waals surface area (Å²) in [6, 6.07) is 8.03. The summed E-state index contributed by atoms with van der Waals surface area (Å²) in [5, 5.41) is 0. The maximum atomic E-state index is 13.4. The lowest BCUT2D eigenvalue weighted by Gasteiger charge is -2.29. The predicted octanol–water partition coefficient (Wildman–Crippen LogP) is 3.14. The Kier molecular flexibility index (Phi) is 7.51. The van der Waals surface area contributed by atoms with Crippen LogP contribution in [0.15, 0.2) is 24.3 Å². The third-order valence-corrected chi connectivity index (χ3v) is 8.79. The number of nitrogens with zero attached hydrogens (tertiary/aromatic N) is 3. The van der Waals surface area contributed by atoms with Gasteiger partial charge in [-0.2, -0.15) is 0 Å². The zero-order valence-corrected chi connectivity index (χ0v) is 21.7. The number of hydrogen-bond acceptors (Lipinski definition) is 5. The molecule has 9 heteroatoms. The van der Waals surface area contributed by atoms with Crippen LogP contribution in [0.3, 0.4) is 0 Å². The van der Waals surface area contributed by atoms with E-state index in [1.165, 1.54) is 18.4 Å². The Balaban J connectivity index is 0.00000306. The fourth-order valence-electron chi connectivity index (χ4n) is 5.96. The molecular weight excluding hydrogens is 462 g/mol. The Morgan fingerprint density at radius 1 is 1.06 bits per heavy atom. The van der Waals surface area contributed by atoms with Gasteiger partial charge in [0.1, 0.15) is 0 Å². The first kappa shape index (κ1) is 26.0. The summed E-state index contributed by atoms with van der Waals surface area (Å²) in [5.41, 5.74) is 1.77. The highest BCUT2D eigenvalue weighted by Crippen LogP contribution is 2.41. The Morgan fingerprint density at radius 2 is 1.64 bits per heavy atom. The summed E-state index contributed by atoms with van der Waals surface area (Å²) in [4.78, 5) is 30.6. The molecule has 5 atom stereocenters. The fourth-order valence-corrected chi connectivity index (χ4v) is 7.13. The van der Waals surface area contributed by atoms with E-state index in [9.17, 15) is 18.0 Å². The van der Waals surface area contributed by atoms with E-state index in [1.807, 2.05) is 38.1 Å². The average molecular weight is 498 g/mol. The predicted molar refractivity (Wildman–Crippen MR) is 131 cm³/mol. The molecule has 33 heavy (non-hydrogen) atoms. The number of sulfonamides is 1. The van der Waals surface area contributed by atoms with Crippen LogP contribution in [-0.2, 0) is 21.4 Å². The summed E-state index contributed by atoms with van der Waals surface area (Å²) in [5.74, 6) is -1.06. The van der Waals surface area contributed by atoms with Gasteiger partial charge in [-0.15, -0.1) is 12.4 Å². The Labute approximate surface area is 203 Å². The normalized spacial score (nSPS) is 30.1. The Bertz CT molecular complexity index is 987. The molecule has 7 nitrogen and oxygen atoms in total. The van der Waals surface area contributed by atoms with Gasteiger partial charge in [-0.05, 0) is 56.7 Å². The van der Waals surface area contributed by atoms with Crippen LogP contribution in [-0.4, -0.2) is 71.3 Å². The van der Waals surface area contributed by atoms with Crippen LogP contribution in [0.1, 0.15) is 62.9 Å². The quantitative estimate of drug-likeness (QED) is 0.624. The van der Waals surface area contributed by atoms with Crippen molar-refractivity contribution in [1.29, 1.82) is 0 Å². The molecule has 0 spiro atoms. The number of halogens is 1. The summed E-state index contributed by atoms with van der Waals surface area (Å²) < 4.78 is 25.7. The molecule has 0 saturated carbocycles. The number of carbonyl (C=O) groups is 2. The lowest BCUT2D eigenvalue weighted by atomic mass is 9.88. The number of carbonyl (C=O) groups excluding carboxylic acids is 2. The first-order valence-corrected chi connectivity index (χ1v) is 13.5. The number of rotatable bonds is 5. The second kappa shape index (κ2) is 9.55. The highest BCUT2D eigenvalue weighted by Gasteiger charge is 2.58. The van der Waals surface area contributed by atoms with Crippen LogP contribution in [0.4, 0.5) is 0 Å². The zero-order chi connectivity index (χ0) is 23.4. The smallest absolute Gasteiger partial charge is 0.254 e. The van der Waals surface area contributed by atoms with Gasteiger partial charge in [-0.3, -0.25) is 14.5 Å². The zero-order valence-electron chi connectivity index (χ0n) is 20.1. The molecule has 0 aromatic heterocycles. The molecule has 3 fully saturated rings. The first-order valence-electron chi connectivity index (χ1n) is 11.7. The minimum absolute atomic E-state index is 0. The van der Waals surface area contributed by atoms with Crippen molar-refractivity contribution < 1.29 is 18.0 Å². The number of amides is 2. The minimum atomic E-state index is -3.67. The lowest BCUT2D eigenvalue weighted by Crippen LogP contribution is -2.44. The highest BCUT2D eigenvalue weighted by molar-refractivity contribution is 7.88. The maximum Gasteiger partial charge on any atom is 0.254 e. The average Bonchev–Trinajstić information content (AvgIpc) is 3.34. The van der Waals surface area contributed by atoms with Gasteiger partial charge < -0.3 is 4.90 Å². The largest absolute Gasteiger partial charge is 0.333 e. The number of likely N-dealkylation sites (tertiary alicyclic amines) is 2. The minimum Gasteiger partial charge on any atom is -0.333 e. The van der Waals surface area contributed by atoms with Crippen molar-refractivity contribution >= 4 is 34.2 Å². The van der Waals surface area contributed by atoms with Crippen LogP contribution in [0.5, 0.6) is 0 Å². The highest BCUT2D eigenvalue weighted by atomic mass is 35.5. The fraction of sp³-hybridized carbons (Fsp3) is 0.667. The van der Waals surface area contributed by atoms with Crippen molar-refractivity contribution in [3.63, 3.8) is 0 Å².